The molecule has 0 saturated heterocycles. The molecule has 1 amide bonds. The molecule has 4 aromatic rings. The third kappa shape index (κ3) is 5.52. The van der Waals surface area contributed by atoms with Crippen molar-refractivity contribution < 1.29 is 9.53 Å². The number of aromatic nitrogens is 4. The summed E-state index contributed by atoms with van der Waals surface area (Å²) in [7, 11) is 0. The number of aryl methyl sites for hydroxylation is 1. The number of unbranched alkanes of at least 4 members (excludes halogenated alkanes) is 1. The monoisotopic (exact) mass is 480 g/mol. The molecule has 33 heavy (non-hydrogen) atoms. The fourth-order valence-corrected chi connectivity index (χ4v) is 4.19. The average molecular weight is 481 g/mol. The van der Waals surface area contributed by atoms with Crippen LogP contribution in [0.4, 0.5) is 5.69 Å². The van der Waals surface area contributed by atoms with Gasteiger partial charge in [0.15, 0.2) is 10.9 Å². The van der Waals surface area contributed by atoms with Gasteiger partial charge in [-0.05, 0) is 49.0 Å². The number of ether oxygens (including phenoxy) is 1. The molecule has 0 radical (unpaired) electrons. The van der Waals surface area contributed by atoms with Gasteiger partial charge in [-0.1, -0.05) is 49.8 Å². The average Bonchev–Trinajstić information content (AvgIpc) is 3.40. The minimum Gasteiger partial charge on any atom is -0.494 e. The Morgan fingerprint density at radius 2 is 2.00 bits per heavy atom. The second-order valence-corrected chi connectivity index (χ2v) is 8.65. The summed E-state index contributed by atoms with van der Waals surface area (Å²) in [4.78, 5) is 13.4. The van der Waals surface area contributed by atoms with Gasteiger partial charge in [0.05, 0.1) is 6.61 Å². The first-order valence-electron chi connectivity index (χ1n) is 10.7. The lowest BCUT2D eigenvalue weighted by Gasteiger charge is -2.11. The Kier molecular flexibility index (Phi) is 7.26. The fourth-order valence-electron chi connectivity index (χ4n) is 3.12. The number of fused-ring (bicyclic) bond motifs is 1. The van der Waals surface area contributed by atoms with E-state index in [9.17, 15) is 4.79 Å². The summed E-state index contributed by atoms with van der Waals surface area (Å²) in [6.45, 7) is 4.75. The van der Waals surface area contributed by atoms with Crippen molar-refractivity contribution in [3.63, 3.8) is 0 Å². The van der Waals surface area contributed by atoms with Gasteiger partial charge < -0.3 is 10.1 Å². The highest BCUT2D eigenvalue weighted by Crippen LogP contribution is 2.27. The van der Waals surface area contributed by atoms with Gasteiger partial charge in [-0.15, -0.1) is 10.2 Å². The van der Waals surface area contributed by atoms with Gasteiger partial charge in [-0.25, -0.2) is 0 Å². The smallest absolute Gasteiger partial charge is 0.257 e. The summed E-state index contributed by atoms with van der Waals surface area (Å²) in [6.07, 6.45) is 2.77. The largest absolute Gasteiger partial charge is 0.494 e. The first kappa shape index (κ1) is 22.8. The van der Waals surface area contributed by atoms with Crippen molar-refractivity contribution in [1.82, 2.24) is 25.1 Å². The fraction of sp³-hybridized carbons (Fsp3) is 0.261. The number of rotatable bonds is 8. The summed E-state index contributed by atoms with van der Waals surface area (Å²) in [5.74, 6) is 1.19. The second kappa shape index (κ2) is 10.5. The lowest BCUT2D eigenvalue weighted by atomic mass is 10.2. The zero-order chi connectivity index (χ0) is 23.2. The maximum absolute atomic E-state index is 12.6. The molecule has 170 valence electrons. The standard InChI is InChI=1S/C23H24N6O2S2/c1-3-5-12-31-18-11-7-8-15(14-18)20(30)25-22(32)24-17-10-6-9-16(13-17)21-28-29-19(4-2)26-27-23(29)33-21/h6-11,13-14H,3-5,12H2,1-2H3,(H2,24,25,30,32). The van der Waals surface area contributed by atoms with Gasteiger partial charge in [0.2, 0.25) is 4.96 Å². The van der Waals surface area contributed by atoms with Crippen molar-refractivity contribution in [3.8, 4) is 16.3 Å². The molecule has 0 fully saturated rings. The van der Waals surface area contributed by atoms with Crippen LogP contribution in [-0.2, 0) is 6.42 Å². The van der Waals surface area contributed by atoms with Crippen LogP contribution in [0.5, 0.6) is 5.75 Å². The molecule has 8 nitrogen and oxygen atoms in total. The number of carbonyl (C=O) groups excluding carboxylic acids is 1. The molecule has 0 saturated carbocycles. The van der Waals surface area contributed by atoms with Crippen LogP contribution < -0.4 is 15.4 Å². The maximum Gasteiger partial charge on any atom is 0.257 e. The van der Waals surface area contributed by atoms with E-state index in [0.29, 0.717) is 17.9 Å². The Labute approximate surface area is 201 Å². The molecule has 10 heteroatoms. The zero-order valence-electron chi connectivity index (χ0n) is 18.4. The normalized spacial score (nSPS) is 10.8. The van der Waals surface area contributed by atoms with Crippen LogP contribution in [0.3, 0.4) is 0 Å². The highest BCUT2D eigenvalue weighted by Gasteiger charge is 2.13. The summed E-state index contributed by atoms with van der Waals surface area (Å²) in [5, 5.41) is 19.7. The molecule has 2 aromatic carbocycles. The molecule has 0 aliphatic rings. The first-order valence-corrected chi connectivity index (χ1v) is 12.0. The van der Waals surface area contributed by atoms with E-state index < -0.39 is 0 Å². The molecular formula is C23H24N6O2S2. The van der Waals surface area contributed by atoms with Crippen LogP contribution in [0.25, 0.3) is 15.5 Å². The van der Waals surface area contributed by atoms with E-state index in [2.05, 4.69) is 32.9 Å². The maximum atomic E-state index is 12.6. The van der Waals surface area contributed by atoms with Gasteiger partial charge in [-0.3, -0.25) is 10.1 Å². The Balaban J connectivity index is 1.41. The van der Waals surface area contributed by atoms with Crippen molar-refractivity contribution in [1.29, 1.82) is 0 Å². The molecule has 0 unspecified atom stereocenters. The van der Waals surface area contributed by atoms with Crippen LogP contribution >= 0.6 is 23.6 Å². The van der Waals surface area contributed by atoms with Crippen molar-refractivity contribution >= 4 is 45.2 Å². The molecule has 2 heterocycles. The highest BCUT2D eigenvalue weighted by molar-refractivity contribution is 7.80. The zero-order valence-corrected chi connectivity index (χ0v) is 20.0. The van der Waals surface area contributed by atoms with Gasteiger partial charge in [0.25, 0.3) is 5.91 Å². The van der Waals surface area contributed by atoms with Crippen LogP contribution in [0.2, 0.25) is 0 Å². The molecule has 0 aliphatic heterocycles. The molecule has 0 aliphatic carbocycles. The SMILES string of the molecule is CCCCOc1cccc(C(=O)NC(=S)Nc2cccc(-c3nn4c(CC)nnc4s3)c2)c1. The molecular weight excluding hydrogens is 456 g/mol. The molecule has 0 spiro atoms. The van der Waals surface area contributed by atoms with E-state index in [0.717, 1.165) is 46.3 Å². The lowest BCUT2D eigenvalue weighted by Crippen LogP contribution is -2.34. The van der Waals surface area contributed by atoms with Gasteiger partial charge >= 0.3 is 0 Å². The minimum absolute atomic E-state index is 0.209. The van der Waals surface area contributed by atoms with Crippen molar-refractivity contribution in [2.24, 2.45) is 0 Å². The number of nitrogens with zero attached hydrogens (tertiary/aromatic N) is 4. The highest BCUT2D eigenvalue weighted by atomic mass is 32.1. The predicted octanol–water partition coefficient (Wildman–Crippen LogP) is 4.72. The molecule has 2 aromatic heterocycles. The van der Waals surface area contributed by atoms with E-state index in [1.807, 2.05) is 37.3 Å². The topological polar surface area (TPSA) is 93.4 Å². The number of anilines is 1. The quantitative estimate of drug-likeness (QED) is 0.278. The van der Waals surface area contributed by atoms with Gasteiger partial charge in [0, 0.05) is 23.2 Å². The van der Waals surface area contributed by atoms with Crippen LogP contribution in [-0.4, -0.2) is 37.4 Å². The van der Waals surface area contributed by atoms with E-state index >= 15 is 0 Å². The predicted molar refractivity (Wildman–Crippen MR) is 134 cm³/mol. The number of benzene rings is 2. The minimum atomic E-state index is -0.301. The second-order valence-electron chi connectivity index (χ2n) is 7.29. The van der Waals surface area contributed by atoms with E-state index in [1.54, 1.807) is 22.7 Å². The molecule has 2 N–H and O–H groups in total. The summed E-state index contributed by atoms with van der Waals surface area (Å²) in [5.41, 5.74) is 2.15. The number of carbonyl (C=O) groups is 1. The van der Waals surface area contributed by atoms with Crippen LogP contribution in [0.15, 0.2) is 48.5 Å². The Hall–Kier alpha value is -3.37. The van der Waals surface area contributed by atoms with Crippen LogP contribution in [0.1, 0.15) is 42.9 Å². The third-order valence-electron chi connectivity index (χ3n) is 4.83. The number of amides is 1. The molecule has 4 rings (SSSR count). The van der Waals surface area contributed by atoms with Gasteiger partial charge in [0.1, 0.15) is 10.8 Å². The molecule has 0 bridgehead atoms. The summed E-state index contributed by atoms with van der Waals surface area (Å²) >= 11 is 6.82. The Morgan fingerprint density at radius 3 is 2.82 bits per heavy atom. The number of thiocarbonyl (C=S) groups is 1. The lowest BCUT2D eigenvalue weighted by molar-refractivity contribution is 0.0977. The Bertz CT molecular complexity index is 1280. The van der Waals surface area contributed by atoms with Crippen molar-refractivity contribution in [3.05, 3.63) is 59.9 Å². The number of hydrogen-bond acceptors (Lipinski definition) is 7. The summed E-state index contributed by atoms with van der Waals surface area (Å²) in [6, 6.07) is 14.7. The van der Waals surface area contributed by atoms with E-state index in [-0.39, 0.29) is 11.0 Å². The third-order valence-corrected chi connectivity index (χ3v) is 5.98. The number of hydrogen-bond donors (Lipinski definition) is 2. The van der Waals surface area contributed by atoms with E-state index in [1.165, 1.54) is 11.3 Å². The number of nitrogens with one attached hydrogen (secondary N) is 2. The van der Waals surface area contributed by atoms with E-state index in [4.69, 9.17) is 17.0 Å². The Morgan fingerprint density at radius 1 is 1.15 bits per heavy atom. The van der Waals surface area contributed by atoms with Crippen molar-refractivity contribution in [2.75, 3.05) is 11.9 Å². The molecule has 0 atom stereocenters. The van der Waals surface area contributed by atoms with Crippen LogP contribution in [0, 0.1) is 0 Å². The van der Waals surface area contributed by atoms with Gasteiger partial charge in [-0.2, -0.15) is 9.61 Å². The summed E-state index contributed by atoms with van der Waals surface area (Å²) < 4.78 is 7.45. The van der Waals surface area contributed by atoms with Crippen molar-refractivity contribution in [2.45, 2.75) is 33.1 Å². The first-order chi connectivity index (χ1) is 16.1.